The number of aromatic nitrogens is 3. The topological polar surface area (TPSA) is 57.5 Å². The number of anilines is 1. The van der Waals surface area contributed by atoms with Gasteiger partial charge in [0.1, 0.15) is 11.6 Å². The molecule has 0 bridgehead atoms. The molecule has 1 atom stereocenters. The molecule has 1 aromatic carbocycles. The van der Waals surface area contributed by atoms with Crippen LogP contribution in [0, 0.1) is 0 Å². The number of carbonyl (C=O) groups excluding carboxylic acids is 1. The first-order valence-corrected chi connectivity index (χ1v) is 10.2. The fraction of sp³-hybridized carbons (Fsp3) is 0.571. The number of hydrogen-bond donors (Lipinski definition) is 0. The zero-order chi connectivity index (χ0) is 19.7. The summed E-state index contributed by atoms with van der Waals surface area (Å²) in [6, 6.07) is 7.84. The lowest BCUT2D eigenvalue weighted by Gasteiger charge is -2.29. The molecule has 28 heavy (non-hydrogen) atoms. The molecule has 2 aromatic rings. The fourth-order valence-corrected chi connectivity index (χ4v) is 4.31. The van der Waals surface area contributed by atoms with E-state index in [1.54, 1.807) is 0 Å². The molecule has 150 valence electrons. The van der Waals surface area contributed by atoms with Gasteiger partial charge in [-0.25, -0.2) is 0 Å². The molecule has 0 N–H and O–H groups in total. The molecule has 0 spiro atoms. The summed E-state index contributed by atoms with van der Waals surface area (Å²) < 4.78 is 2.27. The van der Waals surface area contributed by atoms with Crippen LogP contribution >= 0.6 is 0 Å². The van der Waals surface area contributed by atoms with E-state index in [0.717, 1.165) is 49.0 Å². The van der Waals surface area contributed by atoms with Crippen molar-refractivity contribution < 1.29 is 4.79 Å². The Hall–Kier alpha value is -2.41. The van der Waals surface area contributed by atoms with Crippen LogP contribution in [0.15, 0.2) is 24.3 Å². The van der Waals surface area contributed by atoms with Crippen molar-refractivity contribution in [3.63, 3.8) is 0 Å². The normalized spacial score (nSPS) is 20.5. The van der Waals surface area contributed by atoms with Crippen LogP contribution in [0.1, 0.15) is 40.8 Å². The van der Waals surface area contributed by atoms with Gasteiger partial charge in [-0.3, -0.25) is 4.79 Å². The van der Waals surface area contributed by atoms with Gasteiger partial charge < -0.3 is 19.3 Å². The van der Waals surface area contributed by atoms with E-state index >= 15 is 0 Å². The average Bonchev–Trinajstić information content (AvgIpc) is 2.99. The number of likely N-dealkylation sites (N-methyl/N-ethyl adjacent to an activating group) is 1. The van der Waals surface area contributed by atoms with Gasteiger partial charge in [-0.05, 0) is 50.7 Å². The third-order valence-corrected chi connectivity index (χ3v) is 5.96. The molecular formula is C21H30N6O. The van der Waals surface area contributed by atoms with Gasteiger partial charge in [0.05, 0.1) is 0 Å². The third kappa shape index (κ3) is 3.76. The molecule has 3 heterocycles. The quantitative estimate of drug-likeness (QED) is 0.811. The summed E-state index contributed by atoms with van der Waals surface area (Å²) >= 11 is 0. The van der Waals surface area contributed by atoms with E-state index in [0.29, 0.717) is 19.0 Å². The maximum Gasteiger partial charge on any atom is 0.253 e. The van der Waals surface area contributed by atoms with Crippen LogP contribution in [0.4, 0.5) is 5.69 Å². The lowest BCUT2D eigenvalue weighted by Crippen LogP contribution is -2.34. The molecule has 0 unspecified atom stereocenters. The second kappa shape index (κ2) is 7.91. The van der Waals surface area contributed by atoms with Crippen molar-refractivity contribution in [1.29, 1.82) is 0 Å². The predicted molar refractivity (Wildman–Crippen MR) is 110 cm³/mol. The van der Waals surface area contributed by atoms with E-state index < -0.39 is 0 Å². The van der Waals surface area contributed by atoms with Gasteiger partial charge in [0.15, 0.2) is 0 Å². The molecule has 2 aliphatic heterocycles. The smallest absolute Gasteiger partial charge is 0.253 e. The maximum absolute atomic E-state index is 13.0. The second-order valence-corrected chi connectivity index (χ2v) is 8.21. The van der Waals surface area contributed by atoms with Crippen molar-refractivity contribution in [2.24, 2.45) is 0 Å². The SMILES string of the molecule is CN1CCC[C@@H](c2nnc3n2CCN(C(=O)c2ccc(N(C)C)cc2)CC3)C1. The molecule has 7 nitrogen and oxygen atoms in total. The van der Waals surface area contributed by atoms with Crippen LogP contribution < -0.4 is 4.90 Å². The standard InChI is InChI=1S/C21H30N6O/c1-24(2)18-8-6-16(7-9-18)21(28)26-12-10-19-22-23-20(27(19)14-13-26)17-5-4-11-25(3)15-17/h6-9,17H,4-5,10-15H2,1-3H3/t17-/m1/s1. The van der Waals surface area contributed by atoms with Gasteiger partial charge in [0, 0.05) is 63.9 Å². The number of piperidine rings is 1. The number of amides is 1. The zero-order valence-electron chi connectivity index (χ0n) is 17.1. The first-order chi connectivity index (χ1) is 13.5. The van der Waals surface area contributed by atoms with Gasteiger partial charge in [0.25, 0.3) is 5.91 Å². The van der Waals surface area contributed by atoms with E-state index in [1.165, 1.54) is 12.8 Å². The molecule has 0 saturated carbocycles. The van der Waals surface area contributed by atoms with Crippen molar-refractivity contribution in [3.05, 3.63) is 41.5 Å². The largest absolute Gasteiger partial charge is 0.378 e. The molecule has 4 rings (SSSR count). The molecule has 2 aliphatic rings. The van der Waals surface area contributed by atoms with Crippen LogP contribution in [0.5, 0.6) is 0 Å². The van der Waals surface area contributed by atoms with Crippen LogP contribution in [0.25, 0.3) is 0 Å². The molecule has 0 radical (unpaired) electrons. The Morgan fingerprint density at radius 3 is 2.57 bits per heavy atom. The van der Waals surface area contributed by atoms with Crippen molar-refractivity contribution in [2.75, 3.05) is 52.2 Å². The summed E-state index contributed by atoms with van der Waals surface area (Å²) in [5.41, 5.74) is 1.85. The van der Waals surface area contributed by atoms with Crippen molar-refractivity contribution in [3.8, 4) is 0 Å². The summed E-state index contributed by atoms with van der Waals surface area (Å²) in [6.07, 6.45) is 3.14. The van der Waals surface area contributed by atoms with E-state index in [-0.39, 0.29) is 5.91 Å². The number of likely N-dealkylation sites (tertiary alicyclic amines) is 1. The van der Waals surface area contributed by atoms with Crippen molar-refractivity contribution in [1.82, 2.24) is 24.6 Å². The first-order valence-electron chi connectivity index (χ1n) is 10.2. The number of nitrogens with zero attached hydrogens (tertiary/aromatic N) is 6. The molecule has 7 heteroatoms. The van der Waals surface area contributed by atoms with Crippen LogP contribution in [-0.2, 0) is 13.0 Å². The molecule has 1 aromatic heterocycles. The monoisotopic (exact) mass is 382 g/mol. The minimum atomic E-state index is 0.1000. The molecule has 1 saturated heterocycles. The summed E-state index contributed by atoms with van der Waals surface area (Å²) in [7, 11) is 6.18. The highest BCUT2D eigenvalue weighted by molar-refractivity contribution is 5.94. The Kier molecular flexibility index (Phi) is 5.35. The van der Waals surface area contributed by atoms with Gasteiger partial charge in [-0.1, -0.05) is 0 Å². The predicted octanol–water partition coefficient (Wildman–Crippen LogP) is 1.85. The highest BCUT2D eigenvalue weighted by Crippen LogP contribution is 2.26. The Bertz CT molecular complexity index is 828. The molecule has 1 fully saturated rings. The number of carbonyl (C=O) groups is 1. The third-order valence-electron chi connectivity index (χ3n) is 5.96. The van der Waals surface area contributed by atoms with Gasteiger partial charge in [-0.2, -0.15) is 0 Å². The Balaban J connectivity index is 1.46. The van der Waals surface area contributed by atoms with Gasteiger partial charge >= 0.3 is 0 Å². The van der Waals surface area contributed by atoms with Crippen LogP contribution in [-0.4, -0.2) is 77.8 Å². The average molecular weight is 383 g/mol. The van der Waals surface area contributed by atoms with E-state index in [4.69, 9.17) is 0 Å². The summed E-state index contributed by atoms with van der Waals surface area (Å²) in [5.74, 6) is 2.66. The lowest BCUT2D eigenvalue weighted by atomic mass is 9.97. The Morgan fingerprint density at radius 2 is 1.86 bits per heavy atom. The van der Waals surface area contributed by atoms with E-state index in [1.807, 2.05) is 48.2 Å². The van der Waals surface area contributed by atoms with Crippen LogP contribution in [0.3, 0.4) is 0 Å². The summed E-state index contributed by atoms with van der Waals surface area (Å²) in [6.45, 7) is 4.37. The zero-order valence-corrected chi connectivity index (χ0v) is 17.1. The number of fused-ring (bicyclic) bond motifs is 1. The van der Waals surface area contributed by atoms with Gasteiger partial charge in [-0.15, -0.1) is 10.2 Å². The highest BCUT2D eigenvalue weighted by Gasteiger charge is 2.28. The number of rotatable bonds is 3. The Morgan fingerprint density at radius 1 is 1.07 bits per heavy atom. The van der Waals surface area contributed by atoms with Crippen molar-refractivity contribution in [2.45, 2.75) is 31.7 Å². The molecule has 1 amide bonds. The minimum Gasteiger partial charge on any atom is -0.378 e. The van der Waals surface area contributed by atoms with Crippen LogP contribution in [0.2, 0.25) is 0 Å². The lowest BCUT2D eigenvalue weighted by molar-refractivity contribution is 0.0758. The fourth-order valence-electron chi connectivity index (χ4n) is 4.31. The maximum atomic E-state index is 13.0. The highest BCUT2D eigenvalue weighted by atomic mass is 16.2. The first kappa shape index (κ1) is 18.9. The summed E-state index contributed by atoms with van der Waals surface area (Å²) in [5, 5.41) is 9.00. The second-order valence-electron chi connectivity index (χ2n) is 8.21. The van der Waals surface area contributed by atoms with E-state index in [2.05, 4.69) is 26.7 Å². The number of benzene rings is 1. The van der Waals surface area contributed by atoms with Crippen molar-refractivity contribution >= 4 is 11.6 Å². The Labute approximate surface area is 166 Å². The summed E-state index contributed by atoms with van der Waals surface area (Å²) in [4.78, 5) is 19.4. The number of hydrogen-bond acceptors (Lipinski definition) is 5. The van der Waals surface area contributed by atoms with E-state index in [9.17, 15) is 4.79 Å². The molecule has 0 aliphatic carbocycles. The van der Waals surface area contributed by atoms with Gasteiger partial charge in [0.2, 0.25) is 0 Å². The molecular weight excluding hydrogens is 352 g/mol. The minimum absolute atomic E-state index is 0.1000.